The van der Waals surface area contributed by atoms with E-state index in [1.54, 1.807) is 6.20 Å². The molecule has 0 bridgehead atoms. The predicted octanol–water partition coefficient (Wildman–Crippen LogP) is 0.524. The number of piperazine rings is 1. The van der Waals surface area contributed by atoms with Gasteiger partial charge in [0.05, 0.1) is 6.10 Å². The molecule has 27 heavy (non-hydrogen) atoms. The SMILES string of the molecule is Cc1cnc(N2CC[C@H](N3CCN(c4ccccn4)CC3)[C@@H](O)C2)nc1N. The molecule has 0 radical (unpaired) electrons. The highest BCUT2D eigenvalue weighted by molar-refractivity contribution is 5.44. The first-order chi connectivity index (χ1) is 13.1. The van der Waals surface area contributed by atoms with Gasteiger partial charge in [-0.25, -0.2) is 9.97 Å². The lowest BCUT2D eigenvalue weighted by atomic mass is 9.99. The summed E-state index contributed by atoms with van der Waals surface area (Å²) in [6, 6.07) is 6.19. The number of anilines is 3. The molecule has 8 heteroatoms. The van der Waals surface area contributed by atoms with Gasteiger partial charge in [0.25, 0.3) is 0 Å². The van der Waals surface area contributed by atoms with Crippen molar-refractivity contribution in [2.75, 3.05) is 54.8 Å². The molecular weight excluding hydrogens is 342 g/mol. The van der Waals surface area contributed by atoms with Crippen LogP contribution in [0.25, 0.3) is 0 Å². The summed E-state index contributed by atoms with van der Waals surface area (Å²) in [5.41, 5.74) is 6.78. The van der Waals surface area contributed by atoms with Crippen LogP contribution in [0.4, 0.5) is 17.6 Å². The smallest absolute Gasteiger partial charge is 0.227 e. The van der Waals surface area contributed by atoms with Crippen LogP contribution in [0.15, 0.2) is 30.6 Å². The zero-order chi connectivity index (χ0) is 18.8. The molecule has 2 aliphatic rings. The molecule has 3 N–H and O–H groups in total. The Bertz CT molecular complexity index is 764. The molecule has 2 saturated heterocycles. The highest BCUT2D eigenvalue weighted by Crippen LogP contribution is 2.23. The third-order valence-electron chi connectivity index (χ3n) is 5.58. The van der Waals surface area contributed by atoms with Crippen molar-refractivity contribution in [1.29, 1.82) is 0 Å². The second-order valence-electron chi connectivity index (χ2n) is 7.32. The van der Waals surface area contributed by atoms with Gasteiger partial charge in [0, 0.05) is 63.3 Å². The number of nitrogens with zero attached hydrogens (tertiary/aromatic N) is 6. The van der Waals surface area contributed by atoms with E-state index in [0.29, 0.717) is 18.3 Å². The van der Waals surface area contributed by atoms with Gasteiger partial charge in [-0.2, -0.15) is 4.98 Å². The van der Waals surface area contributed by atoms with Crippen molar-refractivity contribution in [3.63, 3.8) is 0 Å². The van der Waals surface area contributed by atoms with E-state index in [9.17, 15) is 5.11 Å². The number of aromatic nitrogens is 3. The van der Waals surface area contributed by atoms with Crippen molar-refractivity contribution in [1.82, 2.24) is 19.9 Å². The Morgan fingerprint density at radius 1 is 1.07 bits per heavy atom. The van der Waals surface area contributed by atoms with E-state index < -0.39 is 6.10 Å². The molecular formula is C19H27N7O. The van der Waals surface area contributed by atoms with Crippen LogP contribution >= 0.6 is 0 Å². The zero-order valence-electron chi connectivity index (χ0n) is 15.7. The van der Waals surface area contributed by atoms with Gasteiger partial charge in [0.15, 0.2) is 0 Å². The summed E-state index contributed by atoms with van der Waals surface area (Å²) < 4.78 is 0. The first kappa shape index (κ1) is 17.9. The summed E-state index contributed by atoms with van der Waals surface area (Å²) in [7, 11) is 0. The van der Waals surface area contributed by atoms with Crippen LogP contribution in [0.3, 0.4) is 0 Å². The van der Waals surface area contributed by atoms with Crippen LogP contribution in [-0.4, -0.2) is 76.4 Å². The summed E-state index contributed by atoms with van der Waals surface area (Å²) in [5, 5.41) is 10.8. The minimum atomic E-state index is -0.425. The largest absolute Gasteiger partial charge is 0.390 e. The van der Waals surface area contributed by atoms with E-state index >= 15 is 0 Å². The number of aliphatic hydroxyl groups is 1. The third kappa shape index (κ3) is 3.81. The molecule has 2 aromatic rings. The van der Waals surface area contributed by atoms with Crippen LogP contribution in [0.2, 0.25) is 0 Å². The van der Waals surface area contributed by atoms with E-state index in [-0.39, 0.29) is 6.04 Å². The molecule has 0 saturated carbocycles. The first-order valence-corrected chi connectivity index (χ1v) is 9.54. The molecule has 0 spiro atoms. The average Bonchev–Trinajstić information content (AvgIpc) is 2.71. The fraction of sp³-hybridized carbons (Fsp3) is 0.526. The molecule has 0 unspecified atom stereocenters. The van der Waals surface area contributed by atoms with Gasteiger partial charge in [-0.1, -0.05) is 6.07 Å². The minimum absolute atomic E-state index is 0.176. The molecule has 4 rings (SSSR count). The van der Waals surface area contributed by atoms with Gasteiger partial charge in [0.2, 0.25) is 5.95 Å². The molecule has 2 aliphatic heterocycles. The van der Waals surface area contributed by atoms with Crippen LogP contribution < -0.4 is 15.5 Å². The van der Waals surface area contributed by atoms with Crippen LogP contribution in [-0.2, 0) is 0 Å². The van der Waals surface area contributed by atoms with Crippen molar-refractivity contribution >= 4 is 17.6 Å². The van der Waals surface area contributed by atoms with Crippen LogP contribution in [0.1, 0.15) is 12.0 Å². The van der Waals surface area contributed by atoms with Gasteiger partial charge in [-0.05, 0) is 25.5 Å². The Hall–Kier alpha value is -2.45. The van der Waals surface area contributed by atoms with E-state index in [0.717, 1.165) is 50.5 Å². The molecule has 4 heterocycles. The van der Waals surface area contributed by atoms with Gasteiger partial charge in [-0.15, -0.1) is 0 Å². The lowest BCUT2D eigenvalue weighted by Gasteiger charge is -2.45. The van der Waals surface area contributed by atoms with Gasteiger partial charge in [-0.3, -0.25) is 4.90 Å². The molecule has 0 aromatic carbocycles. The van der Waals surface area contributed by atoms with Gasteiger partial charge >= 0.3 is 0 Å². The number of nitrogen functional groups attached to an aromatic ring is 1. The summed E-state index contributed by atoms with van der Waals surface area (Å²) in [6.45, 7) is 6.99. The fourth-order valence-electron chi connectivity index (χ4n) is 3.95. The minimum Gasteiger partial charge on any atom is -0.390 e. The first-order valence-electron chi connectivity index (χ1n) is 9.54. The topological polar surface area (TPSA) is 94.6 Å². The molecule has 0 aliphatic carbocycles. The average molecular weight is 369 g/mol. The Morgan fingerprint density at radius 3 is 2.56 bits per heavy atom. The summed E-state index contributed by atoms with van der Waals surface area (Å²) in [4.78, 5) is 19.9. The molecule has 0 amide bonds. The second-order valence-corrected chi connectivity index (χ2v) is 7.32. The Kier molecular flexibility index (Phi) is 5.09. The van der Waals surface area contributed by atoms with Crippen LogP contribution in [0, 0.1) is 6.92 Å². The second kappa shape index (κ2) is 7.66. The van der Waals surface area contributed by atoms with Crippen LogP contribution in [0.5, 0.6) is 0 Å². The standard InChI is InChI=1S/C19H27N7O/c1-14-12-22-19(23-18(14)20)26-7-5-15(16(27)13-26)24-8-10-25(11-9-24)17-4-2-3-6-21-17/h2-4,6,12,15-16,27H,5,7-11,13H2,1H3,(H2,20,22,23)/t15-,16-/m0/s1. The maximum Gasteiger partial charge on any atom is 0.227 e. The number of nitrogens with two attached hydrogens (primary N) is 1. The maximum atomic E-state index is 10.8. The number of aryl methyl sites for hydroxylation is 1. The summed E-state index contributed by atoms with van der Waals surface area (Å²) in [5.74, 6) is 2.14. The van der Waals surface area contributed by atoms with Crippen molar-refractivity contribution in [3.05, 3.63) is 36.2 Å². The van der Waals surface area contributed by atoms with Crippen molar-refractivity contribution in [3.8, 4) is 0 Å². The lowest BCUT2D eigenvalue weighted by Crippen LogP contribution is -2.59. The zero-order valence-corrected chi connectivity index (χ0v) is 15.7. The number of pyridine rings is 1. The van der Waals surface area contributed by atoms with Gasteiger partial charge in [0.1, 0.15) is 11.6 Å². The Labute approximate surface area is 159 Å². The summed E-state index contributed by atoms with van der Waals surface area (Å²) >= 11 is 0. The Morgan fingerprint density at radius 2 is 1.89 bits per heavy atom. The molecule has 8 nitrogen and oxygen atoms in total. The van der Waals surface area contributed by atoms with E-state index in [1.807, 2.05) is 30.2 Å². The van der Waals surface area contributed by atoms with E-state index in [2.05, 4.69) is 30.8 Å². The van der Waals surface area contributed by atoms with Crippen molar-refractivity contribution < 1.29 is 5.11 Å². The number of rotatable bonds is 3. The molecule has 144 valence electrons. The monoisotopic (exact) mass is 369 g/mol. The predicted molar refractivity (Wildman–Crippen MR) is 106 cm³/mol. The highest BCUT2D eigenvalue weighted by atomic mass is 16.3. The normalized spacial score (nSPS) is 24.2. The number of aliphatic hydroxyl groups excluding tert-OH is 1. The Balaban J connectivity index is 1.34. The highest BCUT2D eigenvalue weighted by Gasteiger charge is 2.34. The molecule has 2 atom stereocenters. The van der Waals surface area contributed by atoms with E-state index in [4.69, 9.17) is 5.73 Å². The van der Waals surface area contributed by atoms with Crippen molar-refractivity contribution in [2.24, 2.45) is 0 Å². The maximum absolute atomic E-state index is 10.8. The molecule has 2 aromatic heterocycles. The number of piperidine rings is 1. The number of hydrogen-bond donors (Lipinski definition) is 2. The summed E-state index contributed by atoms with van der Waals surface area (Å²) in [6.07, 6.45) is 4.04. The molecule has 2 fully saturated rings. The number of β-amino-alcohol motifs (C(OH)–C–C–N with tert-alkyl or cyclic N) is 1. The third-order valence-corrected chi connectivity index (χ3v) is 5.58. The quantitative estimate of drug-likeness (QED) is 0.809. The van der Waals surface area contributed by atoms with Gasteiger partial charge < -0.3 is 20.6 Å². The lowest BCUT2D eigenvalue weighted by molar-refractivity contribution is 0.0334. The van der Waals surface area contributed by atoms with E-state index in [1.165, 1.54) is 0 Å². The number of hydrogen-bond acceptors (Lipinski definition) is 8. The fourth-order valence-corrected chi connectivity index (χ4v) is 3.95. The van der Waals surface area contributed by atoms with Crippen molar-refractivity contribution in [2.45, 2.75) is 25.5 Å².